The number of fused-ring (bicyclic) bond motifs is 2. The molecule has 0 bridgehead atoms. The lowest BCUT2D eigenvalue weighted by molar-refractivity contribution is 0.0742. The maximum absolute atomic E-state index is 14.2. The molecule has 1 aliphatic heterocycles. The van der Waals surface area contributed by atoms with Gasteiger partial charge in [-0.1, -0.05) is 24.3 Å². The molecule has 1 saturated heterocycles. The smallest absolute Gasteiger partial charge is 0.187 e. The number of nitrogens with zero attached hydrogens (tertiary/aromatic N) is 4. The highest BCUT2D eigenvalue weighted by molar-refractivity contribution is 5.86. The van der Waals surface area contributed by atoms with Crippen molar-refractivity contribution in [1.29, 1.82) is 0 Å². The summed E-state index contributed by atoms with van der Waals surface area (Å²) in [5, 5.41) is 12.4. The Morgan fingerprint density at radius 2 is 2.04 bits per heavy atom. The summed E-state index contributed by atoms with van der Waals surface area (Å²) in [4.78, 5) is 4.77. The van der Waals surface area contributed by atoms with Crippen molar-refractivity contribution < 1.29 is 9.13 Å². The van der Waals surface area contributed by atoms with Crippen molar-refractivity contribution >= 4 is 16.6 Å². The predicted octanol–water partition coefficient (Wildman–Crippen LogP) is 3.02. The summed E-state index contributed by atoms with van der Waals surface area (Å²) < 4.78 is 22.1. The summed E-state index contributed by atoms with van der Waals surface area (Å²) in [7, 11) is 0. The van der Waals surface area contributed by atoms with E-state index < -0.39 is 12.3 Å². The Morgan fingerprint density at radius 3 is 2.96 bits per heavy atom. The van der Waals surface area contributed by atoms with Gasteiger partial charge < -0.3 is 10.1 Å². The Hall–Kier alpha value is -3.06. The van der Waals surface area contributed by atoms with Crippen LogP contribution in [0.4, 0.5) is 4.39 Å². The first-order chi connectivity index (χ1) is 13.3. The normalized spacial score (nSPS) is 20.2. The zero-order valence-corrected chi connectivity index (χ0v) is 14.5. The van der Waals surface area contributed by atoms with Gasteiger partial charge in [0.15, 0.2) is 11.5 Å². The molecule has 3 aromatic heterocycles. The summed E-state index contributed by atoms with van der Waals surface area (Å²) in [6.45, 7) is 1.07. The number of para-hydroxylation sites is 1. The van der Waals surface area contributed by atoms with Gasteiger partial charge >= 0.3 is 0 Å². The van der Waals surface area contributed by atoms with Gasteiger partial charge in [0.25, 0.3) is 0 Å². The number of hydrogen-bond acceptors (Lipinski definition) is 5. The molecule has 27 heavy (non-hydrogen) atoms. The first-order valence-corrected chi connectivity index (χ1v) is 9.01. The molecule has 1 aromatic carbocycles. The van der Waals surface area contributed by atoms with Crippen LogP contribution in [0.25, 0.3) is 28.1 Å². The molecule has 1 aliphatic rings. The minimum Gasteiger partial charge on any atom is -0.485 e. The molecule has 5 rings (SSSR count). The molecule has 7 heteroatoms. The molecule has 4 aromatic rings. The summed E-state index contributed by atoms with van der Waals surface area (Å²) in [5.41, 5.74) is 2.15. The van der Waals surface area contributed by atoms with Gasteiger partial charge in [-0.15, -0.1) is 10.2 Å². The molecule has 0 spiro atoms. The number of piperidine rings is 1. The third-order valence-corrected chi connectivity index (χ3v) is 4.85. The highest BCUT2D eigenvalue weighted by Crippen LogP contribution is 2.29. The molecule has 4 heterocycles. The van der Waals surface area contributed by atoms with Crippen LogP contribution in [-0.4, -0.2) is 44.9 Å². The average molecular weight is 363 g/mol. The molecule has 2 atom stereocenters. The van der Waals surface area contributed by atoms with E-state index in [-0.39, 0.29) is 0 Å². The van der Waals surface area contributed by atoms with E-state index in [1.165, 1.54) is 0 Å². The van der Waals surface area contributed by atoms with Crippen molar-refractivity contribution in [2.75, 3.05) is 13.1 Å². The van der Waals surface area contributed by atoms with E-state index in [9.17, 15) is 4.39 Å². The number of benzene rings is 1. The minimum atomic E-state index is -1.03. The molecule has 1 fully saturated rings. The molecular formula is C20H18FN5O. The standard InChI is InChI=1S/C20H18FN5O/c21-14-12-22-10-9-16(14)27-17-5-3-4-13-7-8-15(23-19(13)17)20-25-24-18-6-1-2-11-26(18)20/h1-8,11,14,16,22H,9-10,12H2/t14-,16?/m1/s1. The van der Waals surface area contributed by atoms with Gasteiger partial charge in [0, 0.05) is 18.1 Å². The number of ether oxygens (including phenoxy) is 1. The van der Waals surface area contributed by atoms with Gasteiger partial charge in [-0.25, -0.2) is 9.37 Å². The molecule has 0 radical (unpaired) electrons. The zero-order valence-electron chi connectivity index (χ0n) is 14.5. The molecule has 6 nitrogen and oxygen atoms in total. The van der Waals surface area contributed by atoms with Crippen LogP contribution in [-0.2, 0) is 0 Å². The van der Waals surface area contributed by atoms with Crippen molar-refractivity contribution in [1.82, 2.24) is 24.9 Å². The van der Waals surface area contributed by atoms with Crippen LogP contribution >= 0.6 is 0 Å². The van der Waals surface area contributed by atoms with Gasteiger partial charge in [0.05, 0.1) is 0 Å². The number of aromatic nitrogens is 4. The van der Waals surface area contributed by atoms with E-state index in [2.05, 4.69) is 15.5 Å². The summed E-state index contributed by atoms with van der Waals surface area (Å²) in [6, 6.07) is 15.3. The van der Waals surface area contributed by atoms with Crippen molar-refractivity contribution in [2.45, 2.75) is 18.7 Å². The van der Waals surface area contributed by atoms with Crippen LogP contribution in [0, 0.1) is 0 Å². The zero-order chi connectivity index (χ0) is 18.2. The number of alkyl halides is 1. The van der Waals surface area contributed by atoms with Gasteiger partial charge in [-0.3, -0.25) is 4.40 Å². The fraction of sp³-hybridized carbons (Fsp3) is 0.250. The van der Waals surface area contributed by atoms with E-state index in [1.807, 2.05) is 59.1 Å². The van der Waals surface area contributed by atoms with Crippen LogP contribution < -0.4 is 10.1 Å². The molecular weight excluding hydrogens is 345 g/mol. The van der Waals surface area contributed by atoms with E-state index in [0.717, 1.165) is 17.6 Å². The third kappa shape index (κ3) is 2.90. The van der Waals surface area contributed by atoms with Gasteiger partial charge in [-0.2, -0.15) is 0 Å². The van der Waals surface area contributed by atoms with Crippen molar-refractivity contribution in [3.63, 3.8) is 0 Å². The molecule has 0 amide bonds. The second-order valence-corrected chi connectivity index (χ2v) is 6.64. The monoisotopic (exact) mass is 363 g/mol. The third-order valence-electron chi connectivity index (χ3n) is 4.85. The second-order valence-electron chi connectivity index (χ2n) is 6.64. The van der Waals surface area contributed by atoms with Crippen LogP contribution in [0.3, 0.4) is 0 Å². The first kappa shape index (κ1) is 16.1. The maximum Gasteiger partial charge on any atom is 0.187 e. The number of rotatable bonds is 3. The number of pyridine rings is 2. The Kier molecular flexibility index (Phi) is 3.94. The Morgan fingerprint density at radius 1 is 1.07 bits per heavy atom. The molecule has 136 valence electrons. The quantitative estimate of drug-likeness (QED) is 0.606. The first-order valence-electron chi connectivity index (χ1n) is 9.01. The Labute approximate surface area is 155 Å². The molecule has 0 aliphatic carbocycles. The van der Waals surface area contributed by atoms with Crippen LogP contribution in [0.15, 0.2) is 54.7 Å². The van der Waals surface area contributed by atoms with Crippen molar-refractivity contribution in [3.05, 3.63) is 54.7 Å². The van der Waals surface area contributed by atoms with Crippen molar-refractivity contribution in [3.8, 4) is 17.3 Å². The maximum atomic E-state index is 14.2. The van der Waals surface area contributed by atoms with E-state index in [4.69, 9.17) is 9.72 Å². The fourth-order valence-corrected chi connectivity index (χ4v) is 3.45. The topological polar surface area (TPSA) is 64.3 Å². The number of nitrogens with one attached hydrogen (secondary N) is 1. The molecule has 0 saturated carbocycles. The number of hydrogen-bond donors (Lipinski definition) is 1. The van der Waals surface area contributed by atoms with Crippen molar-refractivity contribution in [2.24, 2.45) is 0 Å². The summed E-state index contributed by atoms with van der Waals surface area (Å²) in [6.07, 6.45) is 1.04. The lowest BCUT2D eigenvalue weighted by Gasteiger charge is -2.27. The minimum absolute atomic E-state index is 0.319. The Bertz CT molecular complexity index is 1110. The molecule has 1 unspecified atom stereocenters. The average Bonchev–Trinajstić information content (AvgIpc) is 3.14. The lowest BCUT2D eigenvalue weighted by Crippen LogP contribution is -2.44. The van der Waals surface area contributed by atoms with Crippen LogP contribution in [0.1, 0.15) is 6.42 Å². The van der Waals surface area contributed by atoms with E-state index >= 15 is 0 Å². The predicted molar refractivity (Wildman–Crippen MR) is 101 cm³/mol. The Balaban J connectivity index is 1.58. The highest BCUT2D eigenvalue weighted by atomic mass is 19.1. The van der Waals surface area contributed by atoms with Gasteiger partial charge in [0.2, 0.25) is 0 Å². The summed E-state index contributed by atoms with van der Waals surface area (Å²) in [5.74, 6) is 1.25. The highest BCUT2D eigenvalue weighted by Gasteiger charge is 2.27. The van der Waals surface area contributed by atoms with Gasteiger partial charge in [0.1, 0.15) is 29.2 Å². The fourth-order valence-electron chi connectivity index (χ4n) is 3.45. The summed E-state index contributed by atoms with van der Waals surface area (Å²) >= 11 is 0. The van der Waals surface area contributed by atoms with E-state index in [0.29, 0.717) is 35.8 Å². The second kappa shape index (κ2) is 6.59. The SMILES string of the molecule is F[C@@H]1CNCCC1Oc1cccc2ccc(-c3nnc4ccccn34)nc12. The lowest BCUT2D eigenvalue weighted by atomic mass is 10.1. The largest absolute Gasteiger partial charge is 0.485 e. The van der Waals surface area contributed by atoms with Gasteiger partial charge in [-0.05, 0) is 37.2 Å². The van der Waals surface area contributed by atoms with E-state index in [1.54, 1.807) is 0 Å². The van der Waals surface area contributed by atoms with Crippen LogP contribution in [0.2, 0.25) is 0 Å². The molecule has 1 N–H and O–H groups in total. The number of halogens is 1. The van der Waals surface area contributed by atoms with Crippen LogP contribution in [0.5, 0.6) is 5.75 Å².